The van der Waals surface area contributed by atoms with E-state index in [1.165, 1.54) is 7.11 Å². The number of hydrogen-bond acceptors (Lipinski definition) is 5. The number of nitrogens with one attached hydrogen (secondary N) is 2. The van der Waals surface area contributed by atoms with Crippen LogP contribution >= 0.6 is 0 Å². The Kier molecular flexibility index (Phi) is 5.45. The van der Waals surface area contributed by atoms with Gasteiger partial charge in [0.2, 0.25) is 10.0 Å². The zero-order chi connectivity index (χ0) is 22.2. The van der Waals surface area contributed by atoms with Crippen LogP contribution in [0.3, 0.4) is 0 Å². The maximum atomic E-state index is 13.3. The molecule has 9 heteroatoms. The van der Waals surface area contributed by atoms with E-state index in [1.54, 1.807) is 48.2 Å². The topological polar surface area (TPSA) is 109 Å². The van der Waals surface area contributed by atoms with E-state index >= 15 is 0 Å². The summed E-state index contributed by atoms with van der Waals surface area (Å²) < 4.78 is 31.4. The van der Waals surface area contributed by atoms with Crippen molar-refractivity contribution in [3.63, 3.8) is 0 Å². The molecule has 0 saturated heterocycles. The molecule has 31 heavy (non-hydrogen) atoms. The van der Waals surface area contributed by atoms with Crippen molar-refractivity contribution in [1.29, 1.82) is 0 Å². The predicted molar refractivity (Wildman–Crippen MR) is 118 cm³/mol. The van der Waals surface area contributed by atoms with Crippen molar-refractivity contribution in [1.82, 2.24) is 9.88 Å². The maximum absolute atomic E-state index is 13.3. The van der Waals surface area contributed by atoms with Gasteiger partial charge in [-0.1, -0.05) is 12.1 Å². The van der Waals surface area contributed by atoms with Gasteiger partial charge in [0.15, 0.2) is 0 Å². The van der Waals surface area contributed by atoms with Crippen molar-refractivity contribution < 1.29 is 22.7 Å². The number of esters is 1. The highest BCUT2D eigenvalue weighted by Crippen LogP contribution is 2.30. The van der Waals surface area contributed by atoms with Crippen molar-refractivity contribution in [2.24, 2.45) is 0 Å². The van der Waals surface area contributed by atoms with Gasteiger partial charge in [-0.2, -0.15) is 0 Å². The van der Waals surface area contributed by atoms with Crippen molar-refractivity contribution in [3.05, 3.63) is 64.8 Å². The van der Waals surface area contributed by atoms with E-state index in [0.29, 0.717) is 30.6 Å². The lowest BCUT2D eigenvalue weighted by atomic mass is 10.0. The van der Waals surface area contributed by atoms with Crippen molar-refractivity contribution in [3.8, 4) is 0 Å². The molecule has 0 saturated carbocycles. The summed E-state index contributed by atoms with van der Waals surface area (Å²) in [7, 11) is -2.18. The van der Waals surface area contributed by atoms with Gasteiger partial charge in [-0.25, -0.2) is 13.2 Å². The van der Waals surface area contributed by atoms with Gasteiger partial charge in [0, 0.05) is 41.7 Å². The first-order chi connectivity index (χ1) is 14.8. The van der Waals surface area contributed by atoms with Crippen LogP contribution < -0.4 is 4.72 Å². The van der Waals surface area contributed by atoms with Crippen LogP contribution in [0.15, 0.2) is 42.5 Å². The lowest BCUT2D eigenvalue weighted by Crippen LogP contribution is -2.36. The third-order valence-corrected chi connectivity index (χ3v) is 6.78. The summed E-state index contributed by atoms with van der Waals surface area (Å²) in [6, 6.07) is 11.9. The van der Waals surface area contributed by atoms with Gasteiger partial charge in [-0.05, 0) is 37.3 Å². The maximum Gasteiger partial charge on any atom is 0.337 e. The zero-order valence-corrected chi connectivity index (χ0v) is 18.1. The normalized spacial score (nSPS) is 13.7. The number of benzene rings is 2. The minimum atomic E-state index is -3.51. The number of fused-ring (bicyclic) bond motifs is 3. The number of H-pyrrole nitrogens is 1. The molecule has 1 aliphatic rings. The van der Waals surface area contributed by atoms with Crippen molar-refractivity contribution in [2.75, 3.05) is 24.1 Å². The molecule has 1 aromatic heterocycles. The number of aromatic amines is 1. The van der Waals surface area contributed by atoms with E-state index in [1.807, 2.05) is 6.07 Å². The number of carbonyl (C=O) groups excluding carboxylic acids is 2. The van der Waals surface area contributed by atoms with Crippen molar-refractivity contribution in [2.45, 2.75) is 19.9 Å². The fourth-order valence-corrected chi connectivity index (χ4v) is 4.46. The Hall–Kier alpha value is -3.33. The van der Waals surface area contributed by atoms with Gasteiger partial charge in [-0.15, -0.1) is 0 Å². The fourth-order valence-electron chi connectivity index (χ4n) is 3.80. The SMILES string of the molecule is CCS(=O)(=O)Nc1ccccc1C(=O)N1CCc2[nH]c3ccc(C(=O)OC)cc3c2C1. The molecule has 8 nitrogen and oxygen atoms in total. The Bertz CT molecular complexity index is 1280. The Morgan fingerprint density at radius 2 is 1.97 bits per heavy atom. The molecule has 0 radical (unpaired) electrons. The second kappa shape index (κ2) is 8.07. The largest absolute Gasteiger partial charge is 0.465 e. The Morgan fingerprint density at radius 1 is 1.19 bits per heavy atom. The van der Waals surface area contributed by atoms with Gasteiger partial charge in [0.25, 0.3) is 5.91 Å². The van der Waals surface area contributed by atoms with Gasteiger partial charge in [-0.3, -0.25) is 9.52 Å². The van der Waals surface area contributed by atoms with E-state index in [2.05, 4.69) is 9.71 Å². The summed E-state index contributed by atoms with van der Waals surface area (Å²) >= 11 is 0. The number of nitrogens with zero attached hydrogens (tertiary/aromatic N) is 1. The molecule has 0 fully saturated rings. The smallest absolute Gasteiger partial charge is 0.337 e. The zero-order valence-electron chi connectivity index (χ0n) is 17.3. The Labute approximate surface area is 180 Å². The standard InChI is InChI=1S/C22H23N3O5S/c1-3-31(28,29)24-20-7-5-4-6-15(20)21(26)25-11-10-19-17(13-25)16-12-14(22(27)30-2)8-9-18(16)23-19/h4-9,12,23-24H,3,10-11,13H2,1-2H3. The Balaban J connectivity index is 1.66. The summed E-state index contributed by atoms with van der Waals surface area (Å²) in [5, 5.41) is 0.871. The first-order valence-electron chi connectivity index (χ1n) is 9.93. The summed E-state index contributed by atoms with van der Waals surface area (Å²) in [6.07, 6.45) is 0.631. The third-order valence-electron chi connectivity index (χ3n) is 5.49. The number of sulfonamides is 1. The average Bonchev–Trinajstić information content (AvgIpc) is 3.15. The van der Waals surface area contributed by atoms with Crippen molar-refractivity contribution >= 4 is 38.5 Å². The average molecular weight is 442 g/mol. The molecule has 162 valence electrons. The third kappa shape index (κ3) is 4.00. The summed E-state index contributed by atoms with van der Waals surface area (Å²) in [4.78, 5) is 30.3. The van der Waals surface area contributed by atoms with Crippen LogP contribution in [-0.4, -0.2) is 49.6 Å². The number of rotatable bonds is 5. The number of anilines is 1. The van der Waals surface area contributed by atoms with E-state index < -0.39 is 16.0 Å². The molecule has 0 atom stereocenters. The molecular formula is C22H23N3O5S. The predicted octanol–water partition coefficient (Wildman–Crippen LogP) is 2.91. The molecule has 0 unspecified atom stereocenters. The van der Waals surface area contributed by atoms with E-state index in [-0.39, 0.29) is 17.3 Å². The van der Waals surface area contributed by atoms with Gasteiger partial charge in [0.1, 0.15) is 0 Å². The summed E-state index contributed by atoms with van der Waals surface area (Å²) in [6.45, 7) is 2.39. The highest BCUT2D eigenvalue weighted by Gasteiger charge is 2.27. The minimum Gasteiger partial charge on any atom is -0.465 e. The molecule has 0 bridgehead atoms. The molecule has 4 rings (SSSR count). The number of hydrogen-bond donors (Lipinski definition) is 2. The molecule has 2 N–H and O–H groups in total. The van der Waals surface area contributed by atoms with E-state index in [0.717, 1.165) is 22.2 Å². The lowest BCUT2D eigenvalue weighted by molar-refractivity contribution is 0.0600. The van der Waals surface area contributed by atoms with Crippen LogP contribution in [0.1, 0.15) is 38.9 Å². The first kappa shape index (κ1) is 20.9. The molecular weight excluding hydrogens is 418 g/mol. The van der Waals surface area contributed by atoms with Crippen LogP contribution in [0.5, 0.6) is 0 Å². The second-order valence-corrected chi connectivity index (χ2v) is 9.37. The van der Waals surface area contributed by atoms with E-state index in [4.69, 9.17) is 4.74 Å². The van der Waals surface area contributed by atoms with Crippen LogP contribution in [0.4, 0.5) is 5.69 Å². The number of methoxy groups -OCH3 is 1. The molecule has 0 spiro atoms. The monoisotopic (exact) mass is 441 g/mol. The highest BCUT2D eigenvalue weighted by molar-refractivity contribution is 7.92. The van der Waals surface area contributed by atoms with Gasteiger partial charge in [0.05, 0.1) is 29.7 Å². The molecule has 1 amide bonds. The van der Waals surface area contributed by atoms with Crippen LogP contribution in [0.25, 0.3) is 10.9 Å². The minimum absolute atomic E-state index is 0.0829. The van der Waals surface area contributed by atoms with Crippen LogP contribution in [-0.2, 0) is 27.7 Å². The fraction of sp³-hybridized carbons (Fsp3) is 0.273. The summed E-state index contributed by atoms with van der Waals surface area (Å²) in [5.74, 6) is -0.753. The van der Waals surface area contributed by atoms with Gasteiger partial charge < -0.3 is 14.6 Å². The Morgan fingerprint density at radius 3 is 2.71 bits per heavy atom. The number of aromatic nitrogens is 1. The molecule has 0 aliphatic carbocycles. The van der Waals surface area contributed by atoms with Gasteiger partial charge >= 0.3 is 5.97 Å². The molecule has 2 heterocycles. The molecule has 2 aromatic carbocycles. The number of ether oxygens (including phenoxy) is 1. The lowest BCUT2D eigenvalue weighted by Gasteiger charge is -2.28. The second-order valence-electron chi connectivity index (χ2n) is 7.36. The highest BCUT2D eigenvalue weighted by atomic mass is 32.2. The van der Waals surface area contributed by atoms with Crippen LogP contribution in [0, 0.1) is 0 Å². The summed E-state index contributed by atoms with van der Waals surface area (Å²) in [5.41, 5.74) is 3.89. The molecule has 1 aliphatic heterocycles. The number of para-hydroxylation sites is 1. The van der Waals surface area contributed by atoms with Crippen LogP contribution in [0.2, 0.25) is 0 Å². The quantitative estimate of drug-likeness (QED) is 0.592. The number of carbonyl (C=O) groups is 2. The first-order valence-corrected chi connectivity index (χ1v) is 11.6. The van der Waals surface area contributed by atoms with E-state index in [9.17, 15) is 18.0 Å². The molecule has 3 aromatic rings. The number of amides is 1.